The standard InChI is InChI=1S/C7H10ClN3O3/c8-6-3(1-10-7(9)11-6)5(14)4(13)2-12/h1,4-5,12-14H,2H2,(H2,9,10,11). The van der Waals surface area contributed by atoms with Crippen molar-refractivity contribution in [2.45, 2.75) is 12.2 Å². The normalized spacial score (nSPS) is 15.1. The highest BCUT2D eigenvalue weighted by Crippen LogP contribution is 2.23. The zero-order chi connectivity index (χ0) is 10.7. The van der Waals surface area contributed by atoms with E-state index in [1.807, 2.05) is 0 Å². The predicted octanol–water partition coefficient (Wildman–Crippen LogP) is -0.901. The largest absolute Gasteiger partial charge is 0.394 e. The summed E-state index contributed by atoms with van der Waals surface area (Å²) in [4.78, 5) is 7.20. The lowest BCUT2D eigenvalue weighted by molar-refractivity contribution is -0.0155. The van der Waals surface area contributed by atoms with Crippen LogP contribution in [0.4, 0.5) is 5.95 Å². The lowest BCUT2D eigenvalue weighted by Crippen LogP contribution is -2.22. The molecule has 7 heteroatoms. The molecule has 1 heterocycles. The SMILES string of the molecule is Nc1ncc(C(O)C(O)CO)c(Cl)n1. The first-order chi connectivity index (χ1) is 6.56. The van der Waals surface area contributed by atoms with Crippen LogP contribution in [0.15, 0.2) is 6.20 Å². The van der Waals surface area contributed by atoms with E-state index in [1.165, 1.54) is 6.20 Å². The Morgan fingerprint density at radius 3 is 2.64 bits per heavy atom. The molecule has 2 atom stereocenters. The van der Waals surface area contributed by atoms with Crippen LogP contribution in [0.5, 0.6) is 0 Å². The Morgan fingerprint density at radius 1 is 1.50 bits per heavy atom. The number of hydrogen-bond donors (Lipinski definition) is 4. The topological polar surface area (TPSA) is 112 Å². The predicted molar refractivity (Wildman–Crippen MR) is 49.5 cm³/mol. The third-order valence-electron chi connectivity index (χ3n) is 1.66. The van der Waals surface area contributed by atoms with Crippen LogP contribution in [0, 0.1) is 0 Å². The van der Waals surface area contributed by atoms with Gasteiger partial charge in [0.25, 0.3) is 0 Å². The van der Waals surface area contributed by atoms with E-state index in [9.17, 15) is 5.11 Å². The van der Waals surface area contributed by atoms with Crippen molar-refractivity contribution in [1.29, 1.82) is 0 Å². The smallest absolute Gasteiger partial charge is 0.221 e. The van der Waals surface area contributed by atoms with Crippen LogP contribution in [0.25, 0.3) is 0 Å². The molecule has 0 radical (unpaired) electrons. The van der Waals surface area contributed by atoms with Gasteiger partial charge in [0, 0.05) is 11.8 Å². The van der Waals surface area contributed by atoms with E-state index in [-0.39, 0.29) is 16.7 Å². The molecule has 0 amide bonds. The number of rotatable bonds is 3. The molecule has 0 aliphatic carbocycles. The molecular weight excluding hydrogens is 210 g/mol. The molecular formula is C7H10ClN3O3. The van der Waals surface area contributed by atoms with Crippen LogP contribution in [-0.2, 0) is 0 Å². The van der Waals surface area contributed by atoms with Crippen LogP contribution in [0.1, 0.15) is 11.7 Å². The molecule has 14 heavy (non-hydrogen) atoms. The molecule has 0 aliphatic rings. The summed E-state index contributed by atoms with van der Waals surface area (Å²) in [6.45, 7) is -0.581. The summed E-state index contributed by atoms with van der Waals surface area (Å²) in [5.41, 5.74) is 5.36. The minimum Gasteiger partial charge on any atom is -0.394 e. The fourth-order valence-corrected chi connectivity index (χ4v) is 1.14. The zero-order valence-corrected chi connectivity index (χ0v) is 7.89. The van der Waals surface area contributed by atoms with E-state index in [4.69, 9.17) is 27.5 Å². The van der Waals surface area contributed by atoms with Gasteiger partial charge in [-0.1, -0.05) is 11.6 Å². The second-order valence-electron chi connectivity index (χ2n) is 2.67. The summed E-state index contributed by atoms with van der Waals surface area (Å²) < 4.78 is 0. The minimum atomic E-state index is -1.33. The maximum atomic E-state index is 9.45. The fraction of sp³-hybridized carbons (Fsp3) is 0.429. The van der Waals surface area contributed by atoms with E-state index in [0.717, 1.165) is 0 Å². The molecule has 2 unspecified atom stereocenters. The molecule has 0 spiro atoms. The van der Waals surface area contributed by atoms with Gasteiger partial charge in [-0.05, 0) is 0 Å². The van der Waals surface area contributed by atoms with Gasteiger partial charge in [0.05, 0.1) is 6.61 Å². The van der Waals surface area contributed by atoms with Crippen LogP contribution in [0.2, 0.25) is 5.15 Å². The first-order valence-electron chi connectivity index (χ1n) is 3.81. The number of aliphatic hydroxyl groups excluding tert-OH is 3. The quantitative estimate of drug-likeness (QED) is 0.490. The number of hydrogen-bond acceptors (Lipinski definition) is 6. The van der Waals surface area contributed by atoms with E-state index < -0.39 is 18.8 Å². The molecule has 1 aromatic heterocycles. The monoisotopic (exact) mass is 219 g/mol. The summed E-state index contributed by atoms with van der Waals surface area (Å²) in [7, 11) is 0. The molecule has 1 aromatic rings. The van der Waals surface area contributed by atoms with Crippen LogP contribution in [0.3, 0.4) is 0 Å². The van der Waals surface area contributed by atoms with Gasteiger partial charge in [0.1, 0.15) is 17.4 Å². The average molecular weight is 220 g/mol. The third kappa shape index (κ3) is 2.30. The summed E-state index contributed by atoms with van der Waals surface area (Å²) >= 11 is 5.64. The highest BCUT2D eigenvalue weighted by atomic mass is 35.5. The second-order valence-corrected chi connectivity index (χ2v) is 3.03. The molecule has 78 valence electrons. The maximum absolute atomic E-state index is 9.45. The van der Waals surface area contributed by atoms with E-state index in [2.05, 4.69) is 9.97 Å². The molecule has 6 nitrogen and oxygen atoms in total. The Hall–Kier alpha value is -0.950. The Kier molecular flexibility index (Phi) is 3.59. The summed E-state index contributed by atoms with van der Waals surface area (Å²) in [6, 6.07) is 0. The van der Waals surface area contributed by atoms with Gasteiger partial charge in [0.15, 0.2) is 0 Å². The van der Waals surface area contributed by atoms with Crippen molar-refractivity contribution in [3.05, 3.63) is 16.9 Å². The first-order valence-corrected chi connectivity index (χ1v) is 4.19. The van der Waals surface area contributed by atoms with E-state index >= 15 is 0 Å². The van der Waals surface area contributed by atoms with Crippen molar-refractivity contribution in [2.75, 3.05) is 12.3 Å². The van der Waals surface area contributed by atoms with Crippen molar-refractivity contribution in [1.82, 2.24) is 9.97 Å². The van der Waals surface area contributed by atoms with Crippen molar-refractivity contribution < 1.29 is 15.3 Å². The van der Waals surface area contributed by atoms with Crippen molar-refractivity contribution >= 4 is 17.5 Å². The molecule has 0 fully saturated rings. The fourth-order valence-electron chi connectivity index (χ4n) is 0.888. The van der Waals surface area contributed by atoms with Gasteiger partial charge in [-0.2, -0.15) is 0 Å². The number of nitrogens with two attached hydrogens (primary N) is 1. The number of aromatic nitrogens is 2. The Bertz CT molecular complexity index is 323. The van der Waals surface area contributed by atoms with Gasteiger partial charge in [0.2, 0.25) is 5.95 Å². The Morgan fingerprint density at radius 2 is 2.14 bits per heavy atom. The minimum absolute atomic E-state index is 0.0237. The summed E-state index contributed by atoms with van der Waals surface area (Å²) in [5, 5.41) is 27.1. The second kappa shape index (κ2) is 4.52. The van der Waals surface area contributed by atoms with Crippen LogP contribution < -0.4 is 5.73 Å². The van der Waals surface area contributed by atoms with Gasteiger partial charge < -0.3 is 21.1 Å². The first kappa shape index (κ1) is 11.1. The van der Waals surface area contributed by atoms with Crippen molar-refractivity contribution in [3.8, 4) is 0 Å². The average Bonchev–Trinajstić information content (AvgIpc) is 2.15. The van der Waals surface area contributed by atoms with E-state index in [0.29, 0.717) is 0 Å². The van der Waals surface area contributed by atoms with Gasteiger partial charge in [-0.3, -0.25) is 0 Å². The van der Waals surface area contributed by atoms with Crippen LogP contribution in [-0.4, -0.2) is 38.0 Å². The molecule has 0 aromatic carbocycles. The Balaban J connectivity index is 2.95. The highest BCUT2D eigenvalue weighted by molar-refractivity contribution is 6.30. The van der Waals surface area contributed by atoms with Crippen molar-refractivity contribution in [3.63, 3.8) is 0 Å². The Labute approximate surface area is 85.0 Å². The molecule has 0 saturated heterocycles. The molecule has 0 saturated carbocycles. The maximum Gasteiger partial charge on any atom is 0.221 e. The zero-order valence-electron chi connectivity index (χ0n) is 7.13. The number of aliphatic hydroxyl groups is 3. The van der Waals surface area contributed by atoms with Gasteiger partial charge >= 0.3 is 0 Å². The number of halogens is 1. The molecule has 0 aliphatic heterocycles. The third-order valence-corrected chi connectivity index (χ3v) is 1.96. The number of nitrogen functional groups attached to an aromatic ring is 1. The van der Waals surface area contributed by atoms with Gasteiger partial charge in [-0.25, -0.2) is 9.97 Å². The number of nitrogens with zero attached hydrogens (tertiary/aromatic N) is 2. The molecule has 0 bridgehead atoms. The molecule has 1 rings (SSSR count). The number of anilines is 1. The summed E-state index contributed by atoms with van der Waals surface area (Å²) in [6.07, 6.45) is -1.44. The van der Waals surface area contributed by atoms with Crippen LogP contribution >= 0.6 is 11.6 Å². The van der Waals surface area contributed by atoms with E-state index in [1.54, 1.807) is 0 Å². The summed E-state index contributed by atoms with van der Waals surface area (Å²) in [5.74, 6) is -0.0237. The van der Waals surface area contributed by atoms with Crippen molar-refractivity contribution in [2.24, 2.45) is 0 Å². The lowest BCUT2D eigenvalue weighted by Gasteiger charge is -2.15. The highest BCUT2D eigenvalue weighted by Gasteiger charge is 2.21. The lowest BCUT2D eigenvalue weighted by atomic mass is 10.1. The van der Waals surface area contributed by atoms with Gasteiger partial charge in [-0.15, -0.1) is 0 Å². The molecule has 5 N–H and O–H groups in total.